The van der Waals surface area contributed by atoms with E-state index in [1.807, 2.05) is 37.3 Å². The molecule has 1 aromatic carbocycles. The number of amides is 2. The monoisotopic (exact) mass is 410 g/mol. The van der Waals surface area contributed by atoms with E-state index in [0.29, 0.717) is 48.2 Å². The van der Waals surface area contributed by atoms with Crippen molar-refractivity contribution in [1.82, 2.24) is 4.90 Å². The van der Waals surface area contributed by atoms with E-state index in [-0.39, 0.29) is 11.8 Å². The molecule has 0 radical (unpaired) electrons. The highest BCUT2D eigenvalue weighted by Gasteiger charge is 2.28. The fourth-order valence-electron chi connectivity index (χ4n) is 3.44. The molecule has 4 rings (SSSR count). The van der Waals surface area contributed by atoms with Gasteiger partial charge in [-0.2, -0.15) is 0 Å². The van der Waals surface area contributed by atoms with Gasteiger partial charge in [-0.15, -0.1) is 11.3 Å². The maximum Gasteiger partial charge on any atom is 0.259 e. The summed E-state index contributed by atoms with van der Waals surface area (Å²) in [7, 11) is 0. The van der Waals surface area contributed by atoms with Crippen molar-refractivity contribution in [3.8, 4) is 10.4 Å². The van der Waals surface area contributed by atoms with Crippen molar-refractivity contribution in [2.24, 2.45) is 0 Å². The maximum atomic E-state index is 13.3. The van der Waals surface area contributed by atoms with Gasteiger partial charge in [-0.1, -0.05) is 30.3 Å². The van der Waals surface area contributed by atoms with Crippen LogP contribution in [0, 0.1) is 13.8 Å². The Morgan fingerprint density at radius 2 is 1.79 bits per heavy atom. The van der Waals surface area contributed by atoms with Gasteiger partial charge in [0.15, 0.2) is 0 Å². The van der Waals surface area contributed by atoms with Gasteiger partial charge in [0.2, 0.25) is 0 Å². The van der Waals surface area contributed by atoms with Gasteiger partial charge in [-0.05, 0) is 31.0 Å². The number of carbonyl (C=O) groups is 2. The van der Waals surface area contributed by atoms with Gasteiger partial charge in [0.25, 0.3) is 11.8 Å². The second kappa shape index (κ2) is 8.23. The summed E-state index contributed by atoms with van der Waals surface area (Å²) in [6.45, 7) is 5.81. The number of thiophene rings is 1. The quantitative estimate of drug-likeness (QED) is 0.694. The Morgan fingerprint density at radius 1 is 1.07 bits per heavy atom. The number of nitrogens with one attached hydrogen (secondary N) is 1. The molecular formula is C22H22N2O4S. The number of benzene rings is 1. The number of ether oxygens (including phenoxy) is 1. The summed E-state index contributed by atoms with van der Waals surface area (Å²) < 4.78 is 10.6. The van der Waals surface area contributed by atoms with Crippen LogP contribution in [0.25, 0.3) is 10.4 Å². The Balaban J connectivity index is 1.74. The van der Waals surface area contributed by atoms with Gasteiger partial charge >= 0.3 is 0 Å². The van der Waals surface area contributed by atoms with Crippen LogP contribution in [0.3, 0.4) is 0 Å². The molecule has 2 amide bonds. The third kappa shape index (κ3) is 3.83. The zero-order valence-corrected chi connectivity index (χ0v) is 17.2. The number of carbonyl (C=O) groups excluding carboxylic acids is 2. The van der Waals surface area contributed by atoms with Crippen molar-refractivity contribution in [1.29, 1.82) is 0 Å². The lowest BCUT2D eigenvalue weighted by Crippen LogP contribution is -2.41. The predicted octanol–water partition coefficient (Wildman–Crippen LogP) is 4.35. The molecule has 3 heterocycles. The lowest BCUT2D eigenvalue weighted by molar-refractivity contribution is 0.0303. The van der Waals surface area contributed by atoms with Crippen molar-refractivity contribution >= 4 is 28.2 Å². The summed E-state index contributed by atoms with van der Waals surface area (Å²) >= 11 is 1.42. The third-order valence-electron chi connectivity index (χ3n) is 5.03. The fourth-order valence-corrected chi connectivity index (χ4v) is 4.64. The molecule has 29 heavy (non-hydrogen) atoms. The summed E-state index contributed by atoms with van der Waals surface area (Å²) in [6, 6.07) is 11.5. The third-order valence-corrected chi connectivity index (χ3v) is 6.28. The molecule has 7 heteroatoms. The van der Waals surface area contributed by atoms with Crippen LogP contribution < -0.4 is 5.32 Å². The Morgan fingerprint density at radius 3 is 2.45 bits per heavy atom. The number of nitrogens with zero attached hydrogens (tertiary/aromatic N) is 1. The van der Waals surface area contributed by atoms with Crippen molar-refractivity contribution in [2.45, 2.75) is 13.8 Å². The van der Waals surface area contributed by atoms with Crippen molar-refractivity contribution < 1.29 is 18.7 Å². The van der Waals surface area contributed by atoms with Gasteiger partial charge in [-0.3, -0.25) is 9.59 Å². The summed E-state index contributed by atoms with van der Waals surface area (Å²) in [4.78, 5) is 28.9. The second-order valence-electron chi connectivity index (χ2n) is 6.88. The molecule has 3 aromatic rings. The van der Waals surface area contributed by atoms with E-state index < -0.39 is 0 Å². The number of rotatable bonds is 4. The molecule has 0 saturated carbocycles. The zero-order chi connectivity index (χ0) is 20.4. The van der Waals surface area contributed by atoms with Crippen molar-refractivity contribution in [3.05, 3.63) is 65.1 Å². The molecule has 0 unspecified atom stereocenters. The average Bonchev–Trinajstić information content (AvgIpc) is 3.32. The minimum atomic E-state index is -0.284. The lowest BCUT2D eigenvalue weighted by atomic mass is 10.1. The molecule has 0 spiro atoms. The van der Waals surface area contributed by atoms with Crippen LogP contribution in [-0.4, -0.2) is 43.0 Å². The predicted molar refractivity (Wildman–Crippen MR) is 113 cm³/mol. The molecular weight excluding hydrogens is 388 g/mol. The van der Waals surface area contributed by atoms with Crippen LogP contribution in [-0.2, 0) is 4.74 Å². The average molecular weight is 410 g/mol. The molecule has 0 bridgehead atoms. The molecule has 1 aliphatic heterocycles. The molecule has 1 saturated heterocycles. The first-order valence-electron chi connectivity index (χ1n) is 9.47. The molecule has 150 valence electrons. The SMILES string of the molecule is Cc1occc1C(=O)Nc1sc(-c2ccccc2)c(C)c1C(=O)N1CCOCC1. The van der Waals surface area contributed by atoms with E-state index in [2.05, 4.69) is 5.32 Å². The molecule has 2 aromatic heterocycles. The van der Waals surface area contributed by atoms with Crippen LogP contribution in [0.1, 0.15) is 32.0 Å². The van der Waals surface area contributed by atoms with Gasteiger partial charge < -0.3 is 19.4 Å². The number of hydrogen-bond donors (Lipinski definition) is 1. The summed E-state index contributed by atoms with van der Waals surface area (Å²) in [5.41, 5.74) is 2.90. The number of aryl methyl sites for hydroxylation is 1. The molecule has 1 aliphatic rings. The van der Waals surface area contributed by atoms with E-state index in [4.69, 9.17) is 9.15 Å². The molecule has 1 fully saturated rings. The van der Waals surface area contributed by atoms with Crippen molar-refractivity contribution in [3.63, 3.8) is 0 Å². The first kappa shape index (κ1) is 19.4. The lowest BCUT2D eigenvalue weighted by Gasteiger charge is -2.27. The maximum absolute atomic E-state index is 13.3. The van der Waals surface area contributed by atoms with Gasteiger partial charge in [0, 0.05) is 18.0 Å². The van der Waals surface area contributed by atoms with Crippen LogP contribution in [0.4, 0.5) is 5.00 Å². The highest BCUT2D eigenvalue weighted by Crippen LogP contribution is 2.40. The van der Waals surface area contributed by atoms with Crippen LogP contribution in [0.5, 0.6) is 0 Å². The number of furan rings is 1. The summed E-state index contributed by atoms with van der Waals surface area (Å²) in [6.07, 6.45) is 1.49. The normalized spacial score (nSPS) is 14.1. The van der Waals surface area contributed by atoms with Crippen LogP contribution >= 0.6 is 11.3 Å². The Bertz CT molecular complexity index is 1030. The van der Waals surface area contributed by atoms with Gasteiger partial charge in [0.1, 0.15) is 10.8 Å². The number of anilines is 1. The highest BCUT2D eigenvalue weighted by molar-refractivity contribution is 7.20. The second-order valence-corrected chi connectivity index (χ2v) is 7.90. The highest BCUT2D eigenvalue weighted by atomic mass is 32.1. The minimum absolute atomic E-state index is 0.0801. The Labute approximate surface area is 173 Å². The smallest absolute Gasteiger partial charge is 0.259 e. The molecule has 6 nitrogen and oxygen atoms in total. The molecule has 0 aliphatic carbocycles. The number of morpholine rings is 1. The zero-order valence-electron chi connectivity index (χ0n) is 16.4. The Hall–Kier alpha value is -2.90. The van der Waals surface area contributed by atoms with Crippen molar-refractivity contribution in [2.75, 3.05) is 31.6 Å². The first-order valence-corrected chi connectivity index (χ1v) is 10.3. The Kier molecular flexibility index (Phi) is 5.51. The van der Waals surface area contributed by atoms with Crippen LogP contribution in [0.15, 0.2) is 47.1 Å². The number of hydrogen-bond acceptors (Lipinski definition) is 5. The molecule has 1 N–H and O–H groups in total. The molecule has 0 atom stereocenters. The topological polar surface area (TPSA) is 71.8 Å². The van der Waals surface area contributed by atoms with Crippen LogP contribution in [0.2, 0.25) is 0 Å². The van der Waals surface area contributed by atoms with E-state index >= 15 is 0 Å². The van der Waals surface area contributed by atoms with Gasteiger partial charge in [-0.25, -0.2) is 0 Å². The van der Waals surface area contributed by atoms with E-state index in [0.717, 1.165) is 16.0 Å². The van der Waals surface area contributed by atoms with E-state index in [9.17, 15) is 9.59 Å². The van der Waals surface area contributed by atoms with Gasteiger partial charge in [0.05, 0.1) is 30.6 Å². The minimum Gasteiger partial charge on any atom is -0.469 e. The van der Waals surface area contributed by atoms with E-state index in [1.165, 1.54) is 17.6 Å². The summed E-state index contributed by atoms with van der Waals surface area (Å²) in [5, 5.41) is 3.50. The largest absolute Gasteiger partial charge is 0.469 e. The fraction of sp³-hybridized carbons (Fsp3) is 0.273. The summed E-state index contributed by atoms with van der Waals surface area (Å²) in [5.74, 6) is 0.178. The standard InChI is InChI=1S/C22H22N2O4S/c1-14-18(22(26)24-9-12-27-13-10-24)21(23-20(25)17-8-11-28-15(17)2)29-19(14)16-6-4-3-5-7-16/h3-8,11H,9-10,12-13H2,1-2H3,(H,23,25). The van der Waals surface area contributed by atoms with E-state index in [1.54, 1.807) is 17.9 Å². The first-order chi connectivity index (χ1) is 14.1.